The first-order valence-electron chi connectivity index (χ1n) is 5.44. The van der Waals surface area contributed by atoms with E-state index in [1.54, 1.807) is 0 Å². The van der Waals surface area contributed by atoms with Crippen LogP contribution in [0.1, 0.15) is 17.0 Å². The zero-order chi connectivity index (χ0) is 11.4. The topological polar surface area (TPSA) is 37.9 Å². The Morgan fingerprint density at radius 2 is 1.94 bits per heavy atom. The number of nitrogens with one attached hydrogen (secondary N) is 1. The summed E-state index contributed by atoms with van der Waals surface area (Å²) in [6.07, 6.45) is 0.832. The number of hydrogen-bond acceptors (Lipinski definition) is 2. The van der Waals surface area contributed by atoms with Gasteiger partial charge in [0.05, 0.1) is 12.3 Å². The first-order chi connectivity index (χ1) is 7.74. The standard InChI is InChI=1S/C13H16N2O/c1-10-3-5-13(6-4-10)16-8-7-12-9-11(2)14-15-12/h3-6,9H,7-8H2,1-2H3,(H,14,15). The third-order valence-corrected chi connectivity index (χ3v) is 2.41. The van der Waals surface area contributed by atoms with Crippen LogP contribution in [0.25, 0.3) is 0 Å². The molecule has 1 heterocycles. The van der Waals surface area contributed by atoms with Gasteiger partial charge in [-0.2, -0.15) is 5.10 Å². The minimum Gasteiger partial charge on any atom is -0.493 e. The van der Waals surface area contributed by atoms with Crippen molar-refractivity contribution in [2.24, 2.45) is 0 Å². The molecule has 3 heteroatoms. The van der Waals surface area contributed by atoms with Crippen molar-refractivity contribution in [3.8, 4) is 5.75 Å². The smallest absolute Gasteiger partial charge is 0.119 e. The van der Waals surface area contributed by atoms with E-state index >= 15 is 0 Å². The van der Waals surface area contributed by atoms with E-state index in [-0.39, 0.29) is 0 Å². The van der Waals surface area contributed by atoms with Crippen LogP contribution >= 0.6 is 0 Å². The molecule has 1 aromatic carbocycles. The van der Waals surface area contributed by atoms with E-state index in [0.717, 1.165) is 23.6 Å². The minimum atomic E-state index is 0.660. The highest BCUT2D eigenvalue weighted by Crippen LogP contribution is 2.11. The van der Waals surface area contributed by atoms with E-state index in [1.807, 2.05) is 37.3 Å². The van der Waals surface area contributed by atoms with Crippen molar-refractivity contribution in [3.05, 3.63) is 47.3 Å². The van der Waals surface area contributed by atoms with Crippen molar-refractivity contribution in [3.63, 3.8) is 0 Å². The van der Waals surface area contributed by atoms with Crippen molar-refractivity contribution in [1.29, 1.82) is 0 Å². The zero-order valence-corrected chi connectivity index (χ0v) is 9.66. The lowest BCUT2D eigenvalue weighted by Gasteiger charge is -2.04. The van der Waals surface area contributed by atoms with Crippen molar-refractivity contribution >= 4 is 0 Å². The Bertz CT molecular complexity index is 445. The van der Waals surface area contributed by atoms with Crippen molar-refractivity contribution in [2.45, 2.75) is 20.3 Å². The zero-order valence-electron chi connectivity index (χ0n) is 9.66. The Morgan fingerprint density at radius 3 is 2.56 bits per heavy atom. The summed E-state index contributed by atoms with van der Waals surface area (Å²) in [5.74, 6) is 0.915. The molecule has 0 saturated carbocycles. The van der Waals surface area contributed by atoms with Gasteiger partial charge in [-0.1, -0.05) is 17.7 Å². The lowest BCUT2D eigenvalue weighted by molar-refractivity contribution is 0.320. The SMILES string of the molecule is Cc1ccc(OCCc2cc(C)[nH]n2)cc1. The number of nitrogens with zero attached hydrogens (tertiary/aromatic N) is 1. The molecule has 1 N–H and O–H groups in total. The maximum Gasteiger partial charge on any atom is 0.119 e. The second kappa shape index (κ2) is 4.84. The van der Waals surface area contributed by atoms with Gasteiger partial charge in [-0.25, -0.2) is 0 Å². The summed E-state index contributed by atoms with van der Waals surface area (Å²) in [5.41, 5.74) is 3.38. The van der Waals surface area contributed by atoms with Gasteiger partial charge in [-0.15, -0.1) is 0 Å². The molecule has 0 unspecified atom stereocenters. The molecule has 0 aliphatic rings. The Morgan fingerprint density at radius 1 is 1.19 bits per heavy atom. The average Bonchev–Trinajstić information content (AvgIpc) is 2.67. The van der Waals surface area contributed by atoms with Gasteiger partial charge >= 0.3 is 0 Å². The van der Waals surface area contributed by atoms with Crippen LogP contribution in [0.15, 0.2) is 30.3 Å². The third kappa shape index (κ3) is 2.86. The molecule has 0 amide bonds. The molecular weight excluding hydrogens is 200 g/mol. The molecule has 0 aliphatic carbocycles. The number of aryl methyl sites for hydroxylation is 2. The van der Waals surface area contributed by atoms with Gasteiger partial charge in [0.2, 0.25) is 0 Å². The van der Waals surface area contributed by atoms with Crippen LogP contribution in [-0.4, -0.2) is 16.8 Å². The van der Waals surface area contributed by atoms with E-state index in [4.69, 9.17) is 4.74 Å². The molecule has 1 aromatic heterocycles. The molecule has 84 valence electrons. The van der Waals surface area contributed by atoms with Crippen molar-refractivity contribution in [2.75, 3.05) is 6.61 Å². The number of hydrogen-bond donors (Lipinski definition) is 1. The van der Waals surface area contributed by atoms with E-state index in [0.29, 0.717) is 6.61 Å². The molecule has 16 heavy (non-hydrogen) atoms. The van der Waals surface area contributed by atoms with Crippen LogP contribution in [0.3, 0.4) is 0 Å². The van der Waals surface area contributed by atoms with Gasteiger partial charge in [0.1, 0.15) is 5.75 Å². The van der Waals surface area contributed by atoms with Gasteiger partial charge in [-0.3, -0.25) is 5.10 Å². The first-order valence-corrected chi connectivity index (χ1v) is 5.44. The van der Waals surface area contributed by atoms with Gasteiger partial charge in [0.25, 0.3) is 0 Å². The van der Waals surface area contributed by atoms with Crippen LogP contribution in [-0.2, 0) is 6.42 Å². The molecule has 0 aliphatic heterocycles. The van der Waals surface area contributed by atoms with Crippen molar-refractivity contribution < 1.29 is 4.74 Å². The molecule has 2 aromatic rings. The lowest BCUT2D eigenvalue weighted by Crippen LogP contribution is -2.01. The Balaban J connectivity index is 1.82. The summed E-state index contributed by atoms with van der Waals surface area (Å²) in [4.78, 5) is 0. The Labute approximate surface area is 95.5 Å². The molecule has 3 nitrogen and oxygen atoms in total. The van der Waals surface area contributed by atoms with Crippen molar-refractivity contribution in [1.82, 2.24) is 10.2 Å². The number of rotatable bonds is 4. The van der Waals surface area contributed by atoms with Crippen LogP contribution in [0.2, 0.25) is 0 Å². The summed E-state index contributed by atoms with van der Waals surface area (Å²) in [6.45, 7) is 4.72. The molecule has 0 bridgehead atoms. The number of benzene rings is 1. The maximum atomic E-state index is 5.62. The minimum absolute atomic E-state index is 0.660. The van der Waals surface area contributed by atoms with E-state index in [9.17, 15) is 0 Å². The normalized spacial score (nSPS) is 10.4. The fourth-order valence-electron chi connectivity index (χ4n) is 1.51. The van der Waals surface area contributed by atoms with E-state index in [1.165, 1.54) is 5.56 Å². The fraction of sp³-hybridized carbons (Fsp3) is 0.308. The summed E-state index contributed by atoms with van der Waals surface area (Å²) in [5, 5.41) is 7.08. The molecule has 0 atom stereocenters. The molecular formula is C13H16N2O. The van der Waals surface area contributed by atoms with E-state index < -0.39 is 0 Å². The van der Waals surface area contributed by atoms with Crippen LogP contribution < -0.4 is 4.74 Å². The van der Waals surface area contributed by atoms with Gasteiger partial charge in [-0.05, 0) is 32.0 Å². The first kappa shape index (κ1) is 10.7. The second-order valence-electron chi connectivity index (χ2n) is 3.95. The van der Waals surface area contributed by atoms with Gasteiger partial charge < -0.3 is 4.74 Å². The molecule has 0 fully saturated rings. The van der Waals surface area contributed by atoms with Gasteiger partial charge in [0.15, 0.2) is 0 Å². The largest absolute Gasteiger partial charge is 0.493 e. The van der Waals surface area contributed by atoms with Gasteiger partial charge in [0, 0.05) is 12.1 Å². The molecule has 2 rings (SSSR count). The Hall–Kier alpha value is -1.77. The Kier molecular flexibility index (Phi) is 3.25. The summed E-state index contributed by atoms with van der Waals surface area (Å²) in [7, 11) is 0. The molecule has 0 spiro atoms. The van der Waals surface area contributed by atoms with E-state index in [2.05, 4.69) is 17.1 Å². The highest BCUT2D eigenvalue weighted by atomic mass is 16.5. The highest BCUT2D eigenvalue weighted by Gasteiger charge is 1.98. The highest BCUT2D eigenvalue weighted by molar-refractivity contribution is 5.26. The summed E-state index contributed by atoms with van der Waals surface area (Å²) >= 11 is 0. The van der Waals surface area contributed by atoms with Crippen LogP contribution in [0.4, 0.5) is 0 Å². The van der Waals surface area contributed by atoms with Crippen LogP contribution in [0.5, 0.6) is 5.75 Å². The predicted molar refractivity (Wildman–Crippen MR) is 63.7 cm³/mol. The fourth-order valence-corrected chi connectivity index (χ4v) is 1.51. The summed E-state index contributed by atoms with van der Waals surface area (Å²) in [6, 6.07) is 10.1. The maximum absolute atomic E-state index is 5.62. The predicted octanol–water partition coefficient (Wildman–Crippen LogP) is 2.65. The monoisotopic (exact) mass is 216 g/mol. The second-order valence-corrected chi connectivity index (χ2v) is 3.95. The lowest BCUT2D eigenvalue weighted by atomic mass is 10.2. The quantitative estimate of drug-likeness (QED) is 0.853. The average molecular weight is 216 g/mol. The summed E-state index contributed by atoms with van der Waals surface area (Å²) < 4.78 is 5.62. The number of ether oxygens (including phenoxy) is 1. The third-order valence-electron chi connectivity index (χ3n) is 2.41. The number of aromatic amines is 1. The molecule has 0 saturated heterocycles. The molecule has 0 radical (unpaired) electrons. The van der Waals surface area contributed by atoms with Crippen LogP contribution in [0, 0.1) is 13.8 Å². The number of aromatic nitrogens is 2. The number of H-pyrrole nitrogens is 1.